The Morgan fingerprint density at radius 3 is 2.58 bits per heavy atom. The maximum atomic E-state index is 12.5. The van der Waals surface area contributed by atoms with Gasteiger partial charge >= 0.3 is 0 Å². The van der Waals surface area contributed by atoms with Crippen molar-refractivity contribution < 1.29 is 9.59 Å². The van der Waals surface area contributed by atoms with Crippen LogP contribution < -0.4 is 10.6 Å². The highest BCUT2D eigenvalue weighted by atomic mass is 16.2. The zero-order valence-corrected chi connectivity index (χ0v) is 15.2. The van der Waals surface area contributed by atoms with Crippen molar-refractivity contribution in [3.63, 3.8) is 0 Å². The number of hydrogen-bond acceptors (Lipinski definition) is 5. The van der Waals surface area contributed by atoms with Crippen LogP contribution in [0.2, 0.25) is 0 Å². The summed E-state index contributed by atoms with van der Waals surface area (Å²) in [7, 11) is 0. The van der Waals surface area contributed by atoms with Crippen LogP contribution >= 0.6 is 0 Å². The Labute approximate surface area is 153 Å². The molecule has 0 spiro atoms. The van der Waals surface area contributed by atoms with Crippen LogP contribution in [0.15, 0.2) is 30.3 Å². The minimum Gasteiger partial charge on any atom is -0.348 e. The Morgan fingerprint density at radius 2 is 1.85 bits per heavy atom. The van der Waals surface area contributed by atoms with Gasteiger partial charge in [-0.3, -0.25) is 9.59 Å². The van der Waals surface area contributed by atoms with Crippen molar-refractivity contribution in [3.05, 3.63) is 47.3 Å². The molecule has 3 rings (SSSR count). The van der Waals surface area contributed by atoms with E-state index >= 15 is 0 Å². The molecule has 0 unspecified atom stereocenters. The van der Waals surface area contributed by atoms with Crippen molar-refractivity contribution in [3.8, 4) is 0 Å². The molecule has 1 amide bonds. The number of anilines is 2. The van der Waals surface area contributed by atoms with Crippen molar-refractivity contribution >= 4 is 23.3 Å². The second-order valence-corrected chi connectivity index (χ2v) is 6.79. The lowest BCUT2D eigenvalue weighted by atomic mass is 9.95. The number of aromatic nitrogens is 2. The van der Waals surface area contributed by atoms with Gasteiger partial charge < -0.3 is 10.6 Å². The predicted octanol–water partition coefficient (Wildman–Crippen LogP) is 3.79. The number of aryl methyl sites for hydroxylation is 1. The maximum Gasteiger partial charge on any atom is 0.270 e. The Morgan fingerprint density at radius 1 is 1.08 bits per heavy atom. The Kier molecular flexibility index (Phi) is 5.61. The molecule has 0 bridgehead atoms. The molecule has 1 heterocycles. The zero-order valence-electron chi connectivity index (χ0n) is 15.2. The van der Waals surface area contributed by atoms with E-state index in [1.54, 1.807) is 24.3 Å². The van der Waals surface area contributed by atoms with Crippen LogP contribution in [0.4, 0.5) is 11.6 Å². The summed E-state index contributed by atoms with van der Waals surface area (Å²) in [6.45, 7) is 3.35. The summed E-state index contributed by atoms with van der Waals surface area (Å²) in [4.78, 5) is 32.8. The molecular formula is C20H24N4O2. The molecule has 6 nitrogen and oxygen atoms in total. The molecule has 1 aliphatic carbocycles. The summed E-state index contributed by atoms with van der Waals surface area (Å²) in [5.74, 6) is 0.175. The third-order valence-corrected chi connectivity index (χ3v) is 4.55. The third kappa shape index (κ3) is 4.65. The van der Waals surface area contributed by atoms with Gasteiger partial charge in [0.05, 0.1) is 0 Å². The van der Waals surface area contributed by atoms with E-state index < -0.39 is 0 Å². The number of hydrogen-bond donors (Lipinski definition) is 2. The number of Topliss-reactive ketones (excluding diaryl/α,β-unsaturated/α-hetero) is 1. The molecule has 1 aromatic heterocycles. The van der Waals surface area contributed by atoms with Gasteiger partial charge in [0.15, 0.2) is 5.78 Å². The monoisotopic (exact) mass is 352 g/mol. The van der Waals surface area contributed by atoms with E-state index in [4.69, 9.17) is 0 Å². The minimum atomic E-state index is -0.164. The van der Waals surface area contributed by atoms with Crippen LogP contribution in [-0.4, -0.2) is 27.7 Å². The van der Waals surface area contributed by atoms with Gasteiger partial charge in [0.1, 0.15) is 5.69 Å². The molecule has 2 N–H and O–H groups in total. The average Bonchev–Trinajstić information content (AvgIpc) is 2.62. The standard InChI is InChI=1S/C20H24N4O2/c1-13-11-18(19(26)22-16-8-4-3-5-9-16)24-20(21-13)23-17-10-6-7-15(12-17)14(2)25/h6-7,10-12,16H,3-5,8-9H2,1-2H3,(H,22,26)(H,21,23,24). The average molecular weight is 352 g/mol. The minimum absolute atomic E-state index is 0.00800. The Bertz CT molecular complexity index is 813. The molecule has 0 aliphatic heterocycles. The normalized spacial score (nSPS) is 14.7. The highest BCUT2D eigenvalue weighted by Gasteiger charge is 2.18. The van der Waals surface area contributed by atoms with Gasteiger partial charge in [-0.05, 0) is 44.9 Å². The van der Waals surface area contributed by atoms with Crippen molar-refractivity contribution in [1.82, 2.24) is 15.3 Å². The molecule has 26 heavy (non-hydrogen) atoms. The van der Waals surface area contributed by atoms with E-state index in [0.717, 1.165) is 25.7 Å². The topological polar surface area (TPSA) is 84.0 Å². The van der Waals surface area contributed by atoms with Gasteiger partial charge in [-0.25, -0.2) is 9.97 Å². The van der Waals surface area contributed by atoms with Crippen molar-refractivity contribution in [2.45, 2.75) is 52.0 Å². The van der Waals surface area contributed by atoms with Crippen LogP contribution in [-0.2, 0) is 0 Å². The van der Waals surface area contributed by atoms with E-state index in [1.165, 1.54) is 13.3 Å². The maximum absolute atomic E-state index is 12.5. The Balaban J connectivity index is 1.75. The molecule has 1 fully saturated rings. The summed E-state index contributed by atoms with van der Waals surface area (Å²) in [5, 5.41) is 6.16. The van der Waals surface area contributed by atoms with Crippen molar-refractivity contribution in [2.75, 3.05) is 5.32 Å². The summed E-state index contributed by atoms with van der Waals surface area (Å²) >= 11 is 0. The SMILES string of the molecule is CC(=O)c1cccc(Nc2nc(C)cc(C(=O)NC3CCCCC3)n2)c1. The first-order valence-electron chi connectivity index (χ1n) is 9.06. The zero-order chi connectivity index (χ0) is 18.5. The summed E-state index contributed by atoms with van der Waals surface area (Å²) in [6.07, 6.45) is 5.62. The van der Waals surface area contributed by atoms with Gasteiger partial charge in [-0.15, -0.1) is 0 Å². The highest BCUT2D eigenvalue weighted by Crippen LogP contribution is 2.19. The number of nitrogens with zero attached hydrogens (tertiary/aromatic N) is 2. The fourth-order valence-electron chi connectivity index (χ4n) is 3.19. The Hall–Kier alpha value is -2.76. The van der Waals surface area contributed by atoms with E-state index in [0.29, 0.717) is 28.6 Å². The number of rotatable bonds is 5. The van der Waals surface area contributed by atoms with E-state index in [-0.39, 0.29) is 17.7 Å². The lowest BCUT2D eigenvalue weighted by molar-refractivity contribution is 0.0921. The summed E-state index contributed by atoms with van der Waals surface area (Å²) < 4.78 is 0. The molecule has 1 saturated carbocycles. The number of amides is 1. The third-order valence-electron chi connectivity index (χ3n) is 4.55. The lowest BCUT2D eigenvalue weighted by Crippen LogP contribution is -2.36. The van der Waals surface area contributed by atoms with Crippen molar-refractivity contribution in [2.24, 2.45) is 0 Å². The van der Waals surface area contributed by atoms with Crippen molar-refractivity contribution in [1.29, 1.82) is 0 Å². The number of carbonyl (C=O) groups excluding carboxylic acids is 2. The smallest absolute Gasteiger partial charge is 0.270 e. The van der Waals surface area contributed by atoms with Crippen LogP contribution in [0, 0.1) is 6.92 Å². The second kappa shape index (κ2) is 8.08. The van der Waals surface area contributed by atoms with E-state index in [1.807, 2.05) is 13.0 Å². The predicted molar refractivity (Wildman–Crippen MR) is 101 cm³/mol. The molecule has 0 saturated heterocycles. The lowest BCUT2D eigenvalue weighted by Gasteiger charge is -2.22. The molecule has 136 valence electrons. The molecule has 1 aliphatic rings. The van der Waals surface area contributed by atoms with Crippen LogP contribution in [0.3, 0.4) is 0 Å². The molecule has 1 aromatic carbocycles. The van der Waals surface area contributed by atoms with Crippen LogP contribution in [0.1, 0.15) is 65.6 Å². The number of benzene rings is 1. The van der Waals surface area contributed by atoms with Crippen LogP contribution in [0.25, 0.3) is 0 Å². The van der Waals surface area contributed by atoms with E-state index in [9.17, 15) is 9.59 Å². The largest absolute Gasteiger partial charge is 0.348 e. The molecule has 0 radical (unpaired) electrons. The van der Waals surface area contributed by atoms with Gasteiger partial charge in [0, 0.05) is 23.0 Å². The first-order valence-corrected chi connectivity index (χ1v) is 9.06. The van der Waals surface area contributed by atoms with Crippen LogP contribution in [0.5, 0.6) is 0 Å². The van der Waals surface area contributed by atoms with Gasteiger partial charge in [-0.2, -0.15) is 0 Å². The van der Waals surface area contributed by atoms with Gasteiger partial charge in [0.2, 0.25) is 5.95 Å². The first-order chi connectivity index (χ1) is 12.5. The van der Waals surface area contributed by atoms with E-state index in [2.05, 4.69) is 20.6 Å². The highest BCUT2D eigenvalue weighted by molar-refractivity contribution is 5.95. The second-order valence-electron chi connectivity index (χ2n) is 6.79. The van der Waals surface area contributed by atoms with Gasteiger partial charge in [0.25, 0.3) is 5.91 Å². The summed E-state index contributed by atoms with van der Waals surface area (Å²) in [6, 6.07) is 9.06. The number of nitrogens with one attached hydrogen (secondary N) is 2. The molecular weight excluding hydrogens is 328 g/mol. The molecule has 2 aromatic rings. The quantitative estimate of drug-likeness (QED) is 0.800. The molecule has 0 atom stereocenters. The molecule has 6 heteroatoms. The number of ketones is 1. The fourth-order valence-corrected chi connectivity index (χ4v) is 3.19. The fraction of sp³-hybridized carbons (Fsp3) is 0.400. The van der Waals surface area contributed by atoms with Gasteiger partial charge in [-0.1, -0.05) is 31.4 Å². The first kappa shape index (κ1) is 18.0. The number of carbonyl (C=O) groups is 2. The summed E-state index contributed by atoms with van der Waals surface area (Å²) in [5.41, 5.74) is 2.38.